The van der Waals surface area contributed by atoms with E-state index < -0.39 is 0 Å². The number of carbonyl (C=O) groups is 2. The Morgan fingerprint density at radius 2 is 1.76 bits per heavy atom. The lowest BCUT2D eigenvalue weighted by Gasteiger charge is -2.13. The van der Waals surface area contributed by atoms with Crippen LogP contribution in [0.5, 0.6) is 5.75 Å². The van der Waals surface area contributed by atoms with Crippen molar-refractivity contribution < 1.29 is 14.3 Å². The molecular formula is C19H21BrN2O3. The Kier molecular flexibility index (Phi) is 6.58. The van der Waals surface area contributed by atoms with Gasteiger partial charge in [-0.15, -0.1) is 0 Å². The van der Waals surface area contributed by atoms with Crippen molar-refractivity contribution in [1.82, 2.24) is 0 Å². The van der Waals surface area contributed by atoms with Crippen molar-refractivity contribution in [2.75, 3.05) is 10.6 Å². The van der Waals surface area contributed by atoms with Crippen molar-refractivity contribution in [2.24, 2.45) is 0 Å². The Bertz CT molecular complexity index is 775. The Hall–Kier alpha value is -2.34. The Labute approximate surface area is 155 Å². The van der Waals surface area contributed by atoms with Crippen LogP contribution in [0.25, 0.3) is 0 Å². The zero-order valence-corrected chi connectivity index (χ0v) is 16.0. The summed E-state index contributed by atoms with van der Waals surface area (Å²) < 4.78 is 6.36. The van der Waals surface area contributed by atoms with E-state index in [0.29, 0.717) is 29.1 Å². The molecule has 0 aliphatic rings. The molecule has 0 aliphatic carbocycles. The molecule has 0 saturated heterocycles. The minimum Gasteiger partial charge on any atom is -0.490 e. The van der Waals surface area contributed by atoms with Crippen molar-refractivity contribution in [2.45, 2.75) is 33.3 Å². The van der Waals surface area contributed by atoms with Gasteiger partial charge < -0.3 is 15.4 Å². The van der Waals surface area contributed by atoms with Gasteiger partial charge in [-0.2, -0.15) is 0 Å². The van der Waals surface area contributed by atoms with Crippen molar-refractivity contribution in [1.29, 1.82) is 0 Å². The molecule has 0 heterocycles. The second-order valence-corrected chi connectivity index (χ2v) is 6.60. The van der Waals surface area contributed by atoms with Crippen LogP contribution in [-0.4, -0.2) is 17.9 Å². The number of benzene rings is 2. The highest BCUT2D eigenvalue weighted by Gasteiger charge is 2.11. The fourth-order valence-electron chi connectivity index (χ4n) is 2.12. The first-order valence-corrected chi connectivity index (χ1v) is 8.85. The molecule has 0 spiro atoms. The maximum absolute atomic E-state index is 12.4. The number of anilines is 2. The topological polar surface area (TPSA) is 67.4 Å². The molecule has 0 aliphatic heterocycles. The van der Waals surface area contributed by atoms with Gasteiger partial charge in [0.25, 0.3) is 5.91 Å². The summed E-state index contributed by atoms with van der Waals surface area (Å²) in [4.78, 5) is 23.9. The van der Waals surface area contributed by atoms with Gasteiger partial charge in [0.05, 0.1) is 10.6 Å². The lowest BCUT2D eigenvalue weighted by Crippen LogP contribution is -2.13. The van der Waals surface area contributed by atoms with Crippen LogP contribution in [0.2, 0.25) is 0 Å². The van der Waals surface area contributed by atoms with Crippen molar-refractivity contribution >= 4 is 39.1 Å². The number of amides is 2. The molecule has 132 valence electrons. The Morgan fingerprint density at radius 3 is 2.36 bits per heavy atom. The Balaban J connectivity index is 2.10. The molecule has 2 amide bonds. The number of hydrogen-bond acceptors (Lipinski definition) is 3. The van der Waals surface area contributed by atoms with Gasteiger partial charge in [0.15, 0.2) is 0 Å². The summed E-state index contributed by atoms with van der Waals surface area (Å²) >= 11 is 3.42. The van der Waals surface area contributed by atoms with Crippen LogP contribution in [0.15, 0.2) is 46.9 Å². The molecule has 2 rings (SSSR count). The van der Waals surface area contributed by atoms with Gasteiger partial charge in [-0.25, -0.2) is 0 Å². The van der Waals surface area contributed by atoms with Gasteiger partial charge >= 0.3 is 0 Å². The summed E-state index contributed by atoms with van der Waals surface area (Å²) in [6, 6.07) is 12.2. The second kappa shape index (κ2) is 8.67. The average Bonchev–Trinajstić information content (AvgIpc) is 2.56. The third-order valence-corrected chi connectivity index (χ3v) is 3.90. The molecule has 5 nitrogen and oxygen atoms in total. The lowest BCUT2D eigenvalue weighted by molar-refractivity contribution is -0.115. The quantitative estimate of drug-likeness (QED) is 0.723. The fourth-order valence-corrected chi connectivity index (χ4v) is 2.59. The monoisotopic (exact) mass is 404 g/mol. The van der Waals surface area contributed by atoms with Crippen LogP contribution in [0.3, 0.4) is 0 Å². The zero-order chi connectivity index (χ0) is 18.4. The lowest BCUT2D eigenvalue weighted by atomic mass is 10.2. The highest BCUT2D eigenvalue weighted by molar-refractivity contribution is 9.10. The molecule has 0 aromatic heterocycles. The summed E-state index contributed by atoms with van der Waals surface area (Å²) in [5.74, 6) is 0.375. The number of ether oxygens (including phenoxy) is 1. The smallest absolute Gasteiger partial charge is 0.255 e. The van der Waals surface area contributed by atoms with Crippen LogP contribution in [0.4, 0.5) is 11.4 Å². The summed E-state index contributed by atoms with van der Waals surface area (Å²) in [7, 11) is 0. The van der Waals surface area contributed by atoms with Crippen LogP contribution < -0.4 is 15.4 Å². The fraction of sp³-hybridized carbons (Fsp3) is 0.263. The largest absolute Gasteiger partial charge is 0.490 e. The van der Waals surface area contributed by atoms with Gasteiger partial charge in [0.1, 0.15) is 5.75 Å². The van der Waals surface area contributed by atoms with Crippen LogP contribution in [0, 0.1) is 0 Å². The molecule has 2 N–H and O–H groups in total. The molecule has 0 bridgehead atoms. The minimum atomic E-state index is -0.240. The highest BCUT2D eigenvalue weighted by atomic mass is 79.9. The summed E-state index contributed by atoms with van der Waals surface area (Å²) in [6.07, 6.45) is 0.451. The molecule has 2 aromatic rings. The predicted octanol–water partition coefficient (Wildman–Crippen LogP) is 4.84. The minimum absolute atomic E-state index is 0.0528. The average molecular weight is 405 g/mol. The van der Waals surface area contributed by atoms with Crippen molar-refractivity contribution in [3.63, 3.8) is 0 Å². The van der Waals surface area contributed by atoms with Gasteiger partial charge in [-0.3, -0.25) is 9.59 Å². The third kappa shape index (κ3) is 5.60. The summed E-state index contributed by atoms with van der Waals surface area (Å²) in [5.41, 5.74) is 1.76. The van der Waals surface area contributed by atoms with E-state index >= 15 is 0 Å². The third-order valence-electron chi connectivity index (χ3n) is 3.28. The normalized spacial score (nSPS) is 10.4. The molecule has 0 saturated carbocycles. The van der Waals surface area contributed by atoms with E-state index in [4.69, 9.17) is 4.74 Å². The molecule has 2 aromatic carbocycles. The Morgan fingerprint density at radius 1 is 1.08 bits per heavy atom. The number of halogens is 1. The first-order valence-electron chi connectivity index (χ1n) is 8.06. The maximum atomic E-state index is 12.4. The zero-order valence-electron chi connectivity index (χ0n) is 14.4. The first-order chi connectivity index (χ1) is 11.9. The van der Waals surface area contributed by atoms with Gasteiger partial charge in [0.2, 0.25) is 5.91 Å². The van der Waals surface area contributed by atoms with E-state index in [0.717, 1.165) is 4.47 Å². The molecule has 0 fully saturated rings. The molecule has 0 atom stereocenters. The van der Waals surface area contributed by atoms with Crippen LogP contribution in [-0.2, 0) is 4.79 Å². The molecule has 0 radical (unpaired) electrons. The van der Waals surface area contributed by atoms with Gasteiger partial charge in [0, 0.05) is 23.4 Å². The summed E-state index contributed by atoms with van der Waals surface area (Å²) in [6.45, 7) is 5.67. The van der Waals surface area contributed by atoms with E-state index in [1.807, 2.05) is 13.8 Å². The predicted molar refractivity (Wildman–Crippen MR) is 103 cm³/mol. The van der Waals surface area contributed by atoms with Crippen molar-refractivity contribution in [3.8, 4) is 5.75 Å². The molecule has 25 heavy (non-hydrogen) atoms. The van der Waals surface area contributed by atoms with Gasteiger partial charge in [-0.05, 0) is 66.2 Å². The maximum Gasteiger partial charge on any atom is 0.255 e. The van der Waals surface area contributed by atoms with Gasteiger partial charge in [-0.1, -0.05) is 13.0 Å². The van der Waals surface area contributed by atoms with Crippen LogP contribution >= 0.6 is 15.9 Å². The van der Waals surface area contributed by atoms with E-state index in [1.54, 1.807) is 49.4 Å². The number of nitrogens with one attached hydrogen (secondary N) is 2. The van der Waals surface area contributed by atoms with E-state index in [9.17, 15) is 9.59 Å². The van der Waals surface area contributed by atoms with E-state index in [-0.39, 0.29) is 17.9 Å². The first kappa shape index (κ1) is 19.0. The molecule has 6 heteroatoms. The SMILES string of the molecule is CCC(=O)Nc1cccc(NC(=O)c2ccc(OC(C)C)c(Br)c2)c1. The highest BCUT2D eigenvalue weighted by Crippen LogP contribution is 2.27. The molecule has 0 unspecified atom stereocenters. The van der Waals surface area contributed by atoms with E-state index in [2.05, 4.69) is 26.6 Å². The standard InChI is InChI=1S/C19H21BrN2O3/c1-4-18(23)21-14-6-5-7-15(11-14)22-19(24)13-8-9-17(16(20)10-13)25-12(2)3/h5-12H,4H2,1-3H3,(H,21,23)(H,22,24). The number of hydrogen-bond donors (Lipinski definition) is 2. The number of rotatable bonds is 6. The molecular weight excluding hydrogens is 384 g/mol. The van der Waals surface area contributed by atoms with E-state index in [1.165, 1.54) is 0 Å². The van der Waals surface area contributed by atoms with Crippen LogP contribution in [0.1, 0.15) is 37.6 Å². The van der Waals surface area contributed by atoms with Crippen molar-refractivity contribution in [3.05, 3.63) is 52.5 Å². The number of carbonyl (C=O) groups excluding carboxylic acids is 2. The second-order valence-electron chi connectivity index (χ2n) is 5.75. The summed E-state index contributed by atoms with van der Waals surface area (Å²) in [5, 5.41) is 5.59.